The predicted molar refractivity (Wildman–Crippen MR) is 70.2 cm³/mol. The highest BCUT2D eigenvalue weighted by molar-refractivity contribution is 5.79. The lowest BCUT2D eigenvalue weighted by molar-refractivity contribution is -0.144. The molecule has 0 radical (unpaired) electrons. The third-order valence-electron chi connectivity index (χ3n) is 2.63. The van der Waals surface area contributed by atoms with Gasteiger partial charge in [0.05, 0.1) is 19.7 Å². The predicted octanol–water partition coefficient (Wildman–Crippen LogP) is 1.72. The van der Waals surface area contributed by atoms with E-state index in [1.807, 2.05) is 11.0 Å². The van der Waals surface area contributed by atoms with Crippen molar-refractivity contribution in [1.29, 1.82) is 0 Å². The maximum atomic E-state index is 11.5. The first kappa shape index (κ1) is 14.6. The third-order valence-corrected chi connectivity index (χ3v) is 2.63. The van der Waals surface area contributed by atoms with Gasteiger partial charge in [-0.05, 0) is 26.7 Å². The van der Waals surface area contributed by atoms with E-state index in [0.29, 0.717) is 19.7 Å². The second-order valence-corrected chi connectivity index (χ2v) is 4.44. The van der Waals surface area contributed by atoms with E-state index in [9.17, 15) is 9.59 Å². The van der Waals surface area contributed by atoms with Crippen molar-refractivity contribution in [3.05, 3.63) is 23.8 Å². The third kappa shape index (κ3) is 5.77. The Hall–Kier alpha value is -1.42. The maximum absolute atomic E-state index is 11.5. The van der Waals surface area contributed by atoms with Gasteiger partial charge in [-0.15, -0.1) is 0 Å². The minimum Gasteiger partial charge on any atom is -0.465 e. The SMILES string of the molecule is CCOC(=O)CN(CC(C)=O)CC1=CC=CCC1. The fourth-order valence-electron chi connectivity index (χ4n) is 1.94. The molecule has 18 heavy (non-hydrogen) atoms. The lowest BCUT2D eigenvalue weighted by Crippen LogP contribution is -2.36. The molecule has 1 aliphatic rings. The van der Waals surface area contributed by atoms with Crippen LogP contribution in [0.3, 0.4) is 0 Å². The summed E-state index contributed by atoms with van der Waals surface area (Å²) < 4.78 is 4.92. The number of allylic oxidation sites excluding steroid dienone is 3. The molecule has 0 atom stereocenters. The summed E-state index contributed by atoms with van der Waals surface area (Å²) in [5, 5.41) is 0. The van der Waals surface area contributed by atoms with E-state index in [-0.39, 0.29) is 18.3 Å². The van der Waals surface area contributed by atoms with Gasteiger partial charge >= 0.3 is 5.97 Å². The Labute approximate surface area is 108 Å². The molecule has 0 amide bonds. The molecule has 0 heterocycles. The number of ether oxygens (including phenoxy) is 1. The first-order valence-corrected chi connectivity index (χ1v) is 6.33. The number of esters is 1. The monoisotopic (exact) mass is 251 g/mol. The van der Waals surface area contributed by atoms with Crippen LogP contribution >= 0.6 is 0 Å². The van der Waals surface area contributed by atoms with Gasteiger partial charge in [-0.1, -0.05) is 23.8 Å². The van der Waals surface area contributed by atoms with Crippen molar-refractivity contribution in [1.82, 2.24) is 4.90 Å². The highest BCUT2D eigenvalue weighted by Gasteiger charge is 2.15. The molecule has 1 aliphatic carbocycles. The number of carbonyl (C=O) groups excluding carboxylic acids is 2. The highest BCUT2D eigenvalue weighted by Crippen LogP contribution is 2.13. The van der Waals surface area contributed by atoms with E-state index in [1.54, 1.807) is 6.92 Å². The Bertz CT molecular complexity index is 358. The Morgan fingerprint density at radius 3 is 2.72 bits per heavy atom. The number of hydrogen-bond acceptors (Lipinski definition) is 4. The van der Waals surface area contributed by atoms with Gasteiger partial charge in [-0.25, -0.2) is 0 Å². The molecular formula is C14H21NO3. The molecule has 0 N–H and O–H groups in total. The summed E-state index contributed by atoms with van der Waals surface area (Å²) in [6.07, 6.45) is 8.22. The van der Waals surface area contributed by atoms with Crippen LogP contribution in [0, 0.1) is 0 Å². The van der Waals surface area contributed by atoms with Crippen molar-refractivity contribution >= 4 is 11.8 Å². The molecule has 0 saturated carbocycles. The van der Waals surface area contributed by atoms with Crippen LogP contribution in [0.2, 0.25) is 0 Å². The van der Waals surface area contributed by atoms with Gasteiger partial charge in [0.2, 0.25) is 0 Å². The average molecular weight is 251 g/mol. The summed E-state index contributed by atoms with van der Waals surface area (Å²) >= 11 is 0. The Morgan fingerprint density at radius 2 is 2.17 bits per heavy atom. The molecule has 0 bridgehead atoms. The van der Waals surface area contributed by atoms with Crippen molar-refractivity contribution in [3.8, 4) is 0 Å². The van der Waals surface area contributed by atoms with Crippen molar-refractivity contribution in [2.45, 2.75) is 26.7 Å². The van der Waals surface area contributed by atoms with Crippen molar-refractivity contribution in [2.24, 2.45) is 0 Å². The molecule has 0 aliphatic heterocycles. The largest absolute Gasteiger partial charge is 0.465 e. The molecule has 0 saturated heterocycles. The minimum absolute atomic E-state index is 0.0613. The summed E-state index contributed by atoms with van der Waals surface area (Å²) in [5.41, 5.74) is 1.25. The maximum Gasteiger partial charge on any atom is 0.320 e. The van der Waals surface area contributed by atoms with Crippen LogP contribution in [0.5, 0.6) is 0 Å². The molecule has 0 aromatic heterocycles. The standard InChI is InChI=1S/C14H21NO3/c1-3-18-14(17)11-15(9-12(2)16)10-13-7-5-4-6-8-13/h4-5,7H,3,6,8-11H2,1-2H3. The van der Waals surface area contributed by atoms with Gasteiger partial charge in [0.15, 0.2) is 0 Å². The molecule has 1 rings (SSSR count). The average Bonchev–Trinajstić information content (AvgIpc) is 2.29. The zero-order chi connectivity index (χ0) is 13.4. The second kappa shape index (κ2) is 7.82. The van der Waals surface area contributed by atoms with E-state index in [0.717, 1.165) is 12.8 Å². The number of Topliss-reactive ketones (excluding diaryl/α,β-unsaturated/α-hetero) is 1. The van der Waals surface area contributed by atoms with E-state index in [2.05, 4.69) is 12.2 Å². The van der Waals surface area contributed by atoms with Gasteiger partial charge < -0.3 is 4.74 Å². The first-order valence-electron chi connectivity index (χ1n) is 6.33. The number of rotatable bonds is 7. The summed E-state index contributed by atoms with van der Waals surface area (Å²) in [6.45, 7) is 4.81. The van der Waals surface area contributed by atoms with E-state index in [4.69, 9.17) is 4.74 Å². The van der Waals surface area contributed by atoms with E-state index >= 15 is 0 Å². The smallest absolute Gasteiger partial charge is 0.320 e. The van der Waals surface area contributed by atoms with Crippen LogP contribution in [-0.4, -0.2) is 42.9 Å². The van der Waals surface area contributed by atoms with Crippen LogP contribution in [0.4, 0.5) is 0 Å². The number of ketones is 1. The number of carbonyl (C=O) groups is 2. The van der Waals surface area contributed by atoms with Crippen LogP contribution in [-0.2, 0) is 14.3 Å². The Kier molecular flexibility index (Phi) is 6.36. The van der Waals surface area contributed by atoms with E-state index < -0.39 is 0 Å². The van der Waals surface area contributed by atoms with Crippen LogP contribution in [0.15, 0.2) is 23.8 Å². The number of hydrogen-bond donors (Lipinski definition) is 0. The van der Waals surface area contributed by atoms with Crippen molar-refractivity contribution in [3.63, 3.8) is 0 Å². The van der Waals surface area contributed by atoms with Crippen LogP contribution < -0.4 is 0 Å². The zero-order valence-electron chi connectivity index (χ0n) is 11.1. The summed E-state index contributed by atoms with van der Waals surface area (Å²) in [7, 11) is 0. The fourth-order valence-corrected chi connectivity index (χ4v) is 1.94. The molecular weight excluding hydrogens is 230 g/mol. The Balaban J connectivity index is 2.54. The van der Waals surface area contributed by atoms with Gasteiger partial charge in [0.25, 0.3) is 0 Å². The first-order chi connectivity index (χ1) is 8.61. The van der Waals surface area contributed by atoms with Crippen LogP contribution in [0.25, 0.3) is 0 Å². The zero-order valence-corrected chi connectivity index (χ0v) is 11.1. The van der Waals surface area contributed by atoms with E-state index in [1.165, 1.54) is 12.5 Å². The lowest BCUT2D eigenvalue weighted by Gasteiger charge is -2.22. The quantitative estimate of drug-likeness (QED) is 0.646. The van der Waals surface area contributed by atoms with Crippen molar-refractivity contribution < 1.29 is 14.3 Å². The molecule has 0 aromatic carbocycles. The normalized spacial score (nSPS) is 14.5. The molecule has 0 spiro atoms. The second-order valence-electron chi connectivity index (χ2n) is 4.44. The molecule has 4 nitrogen and oxygen atoms in total. The van der Waals surface area contributed by atoms with Gasteiger partial charge in [0.1, 0.15) is 5.78 Å². The van der Waals surface area contributed by atoms with Gasteiger partial charge in [0, 0.05) is 6.54 Å². The molecule has 0 fully saturated rings. The van der Waals surface area contributed by atoms with Crippen molar-refractivity contribution in [2.75, 3.05) is 26.2 Å². The summed E-state index contributed by atoms with van der Waals surface area (Å²) in [4.78, 5) is 24.5. The lowest BCUT2D eigenvalue weighted by atomic mass is 10.0. The molecule has 0 unspecified atom stereocenters. The summed E-state index contributed by atoms with van der Waals surface area (Å²) in [6, 6.07) is 0. The topological polar surface area (TPSA) is 46.6 Å². The van der Waals surface area contributed by atoms with Gasteiger partial charge in [-0.3, -0.25) is 14.5 Å². The fraction of sp³-hybridized carbons (Fsp3) is 0.571. The highest BCUT2D eigenvalue weighted by atomic mass is 16.5. The number of nitrogens with zero attached hydrogens (tertiary/aromatic N) is 1. The molecule has 4 heteroatoms. The molecule has 0 aromatic rings. The Morgan fingerprint density at radius 1 is 1.39 bits per heavy atom. The molecule has 100 valence electrons. The summed E-state index contributed by atoms with van der Waals surface area (Å²) in [5.74, 6) is -0.211. The van der Waals surface area contributed by atoms with Gasteiger partial charge in [-0.2, -0.15) is 0 Å². The van der Waals surface area contributed by atoms with Crippen LogP contribution in [0.1, 0.15) is 26.7 Å². The minimum atomic E-state index is -0.272.